The normalized spacial score (nSPS) is 11.9. The molecule has 24 heavy (non-hydrogen) atoms. The van der Waals surface area contributed by atoms with Gasteiger partial charge in [0.15, 0.2) is 0 Å². The minimum Gasteiger partial charge on any atom is -0.368 e. The highest BCUT2D eigenvalue weighted by atomic mass is 79.9. The van der Waals surface area contributed by atoms with Crippen LogP contribution in [0.3, 0.4) is 0 Å². The monoisotopic (exact) mass is 413 g/mol. The molecule has 0 unspecified atom stereocenters. The molecule has 0 aliphatic carbocycles. The molecule has 1 aromatic carbocycles. The number of benzene rings is 1. The summed E-state index contributed by atoms with van der Waals surface area (Å²) in [5, 5.41) is 5.37. The van der Waals surface area contributed by atoms with E-state index in [2.05, 4.69) is 25.9 Å². The summed E-state index contributed by atoms with van der Waals surface area (Å²) in [7, 11) is 0.0373. The molecule has 130 valence electrons. The highest BCUT2D eigenvalue weighted by Crippen LogP contribution is 2.33. The third kappa shape index (κ3) is 4.29. The van der Waals surface area contributed by atoms with Crippen LogP contribution in [0.4, 0.5) is 5.95 Å². The van der Waals surface area contributed by atoms with Gasteiger partial charge >= 0.3 is 0 Å². The zero-order valence-corrected chi connectivity index (χ0v) is 16.1. The molecule has 2 rings (SSSR count). The lowest BCUT2D eigenvalue weighted by Gasteiger charge is -2.15. The number of nitrogen functional groups attached to an aromatic ring is 1. The molecule has 4 N–H and O–H groups in total. The van der Waals surface area contributed by atoms with Crippen LogP contribution >= 0.6 is 15.9 Å². The number of likely N-dealkylation sites (N-methyl/N-ethyl adjacent to an activating group) is 1. The molecule has 0 spiro atoms. The van der Waals surface area contributed by atoms with Gasteiger partial charge in [-0.05, 0) is 66.6 Å². The van der Waals surface area contributed by atoms with E-state index in [4.69, 9.17) is 10.9 Å². The van der Waals surface area contributed by atoms with Gasteiger partial charge < -0.3 is 10.6 Å². The highest BCUT2D eigenvalue weighted by molar-refractivity contribution is 9.10. The lowest BCUT2D eigenvalue weighted by Crippen LogP contribution is -2.17. The summed E-state index contributed by atoms with van der Waals surface area (Å²) in [5.74, 6) is 0.174. The summed E-state index contributed by atoms with van der Waals surface area (Å²) >= 11 is 3.38. The topological polar surface area (TPSA) is 115 Å². The van der Waals surface area contributed by atoms with Gasteiger partial charge in [0, 0.05) is 22.8 Å². The van der Waals surface area contributed by atoms with Crippen molar-refractivity contribution in [2.75, 3.05) is 26.4 Å². The van der Waals surface area contributed by atoms with E-state index < -0.39 is 10.0 Å². The van der Waals surface area contributed by atoms with Gasteiger partial charge in [0.25, 0.3) is 0 Å². The highest BCUT2D eigenvalue weighted by Gasteiger charge is 2.19. The Kier molecular flexibility index (Phi) is 5.59. The van der Waals surface area contributed by atoms with Crippen molar-refractivity contribution in [1.29, 1.82) is 0 Å². The van der Waals surface area contributed by atoms with Gasteiger partial charge in [-0.1, -0.05) is 0 Å². The van der Waals surface area contributed by atoms with Crippen LogP contribution < -0.4 is 10.9 Å². The van der Waals surface area contributed by atoms with Gasteiger partial charge in [0.2, 0.25) is 16.0 Å². The molecule has 0 aliphatic rings. The van der Waals surface area contributed by atoms with Crippen molar-refractivity contribution < 1.29 is 8.42 Å². The summed E-state index contributed by atoms with van der Waals surface area (Å²) in [4.78, 5) is 10.2. The van der Waals surface area contributed by atoms with E-state index in [0.29, 0.717) is 27.7 Å². The summed E-state index contributed by atoms with van der Waals surface area (Å²) in [6, 6.07) is 3.45. The third-order valence-electron chi connectivity index (χ3n) is 3.56. The second-order valence-corrected chi connectivity index (χ2v) is 8.10. The third-order valence-corrected chi connectivity index (χ3v) is 5.69. The number of anilines is 1. The number of primary sulfonamides is 1. The van der Waals surface area contributed by atoms with Crippen LogP contribution in [0.2, 0.25) is 0 Å². The zero-order valence-electron chi connectivity index (χ0n) is 13.7. The molecule has 0 bridgehead atoms. The van der Waals surface area contributed by atoms with Crippen molar-refractivity contribution in [1.82, 2.24) is 14.9 Å². The smallest absolute Gasteiger partial charge is 0.239 e. The fraction of sp³-hybridized carbons (Fsp3) is 0.333. The molecule has 0 aliphatic heterocycles. The second kappa shape index (κ2) is 7.14. The van der Waals surface area contributed by atoms with E-state index in [9.17, 15) is 8.42 Å². The van der Waals surface area contributed by atoms with E-state index in [0.717, 1.165) is 12.1 Å². The van der Waals surface area contributed by atoms with Crippen LogP contribution in [0.5, 0.6) is 0 Å². The Morgan fingerprint density at radius 1 is 1.29 bits per heavy atom. The average Bonchev–Trinajstić information content (AvgIpc) is 2.45. The minimum atomic E-state index is -3.87. The summed E-state index contributed by atoms with van der Waals surface area (Å²) in [6.45, 7) is 2.56. The largest absolute Gasteiger partial charge is 0.368 e. The van der Waals surface area contributed by atoms with Gasteiger partial charge in [-0.2, -0.15) is 0 Å². The number of nitrogens with zero attached hydrogens (tertiary/aromatic N) is 3. The lowest BCUT2D eigenvalue weighted by molar-refractivity contribution is 0.413. The van der Waals surface area contributed by atoms with Gasteiger partial charge in [0.1, 0.15) is 0 Å². The van der Waals surface area contributed by atoms with Crippen molar-refractivity contribution >= 4 is 31.9 Å². The molecule has 0 atom stereocenters. The summed E-state index contributed by atoms with van der Waals surface area (Å²) < 4.78 is 24.4. The maximum absolute atomic E-state index is 12.0. The number of aryl methyl sites for hydroxylation is 1. The summed E-state index contributed by atoms with van der Waals surface area (Å²) in [6.07, 6.45) is 2.25. The molecule has 0 saturated heterocycles. The Bertz CT molecular complexity index is 868. The predicted molar refractivity (Wildman–Crippen MR) is 97.9 cm³/mol. The van der Waals surface area contributed by atoms with Crippen LogP contribution in [0.25, 0.3) is 11.1 Å². The van der Waals surface area contributed by atoms with Crippen molar-refractivity contribution in [3.8, 4) is 11.1 Å². The van der Waals surface area contributed by atoms with Crippen LogP contribution in [0.15, 0.2) is 27.7 Å². The molecule has 0 saturated carbocycles. The van der Waals surface area contributed by atoms with E-state index >= 15 is 0 Å². The van der Waals surface area contributed by atoms with E-state index in [-0.39, 0.29) is 10.8 Å². The van der Waals surface area contributed by atoms with Gasteiger partial charge in [-0.25, -0.2) is 23.5 Å². The van der Waals surface area contributed by atoms with Gasteiger partial charge in [0.05, 0.1) is 10.6 Å². The molecule has 1 heterocycles. The molecule has 0 amide bonds. The standard InChI is InChI=1S/C15H20BrN5O2S/c1-9-12(8-19-15(17)20-9)11-6-10(4-5-21(2)3)14(16)13(7-11)24(18,22)23/h6-8H,4-5H2,1-3H3,(H2,17,19,20)(H2,18,22,23). The Morgan fingerprint density at radius 3 is 2.50 bits per heavy atom. The number of sulfonamides is 1. The Labute approximate surface area is 150 Å². The van der Waals surface area contributed by atoms with E-state index in [1.54, 1.807) is 13.1 Å². The van der Waals surface area contributed by atoms with Crippen molar-refractivity contribution in [3.05, 3.63) is 34.1 Å². The van der Waals surface area contributed by atoms with E-state index in [1.165, 1.54) is 6.07 Å². The molecule has 1 aromatic heterocycles. The quantitative estimate of drug-likeness (QED) is 0.767. The predicted octanol–water partition coefficient (Wildman–Crippen LogP) is 1.55. The van der Waals surface area contributed by atoms with Crippen molar-refractivity contribution in [2.24, 2.45) is 5.14 Å². The van der Waals surface area contributed by atoms with Crippen LogP contribution in [0, 0.1) is 6.92 Å². The Hall–Kier alpha value is -1.55. The SMILES string of the molecule is Cc1nc(N)ncc1-c1cc(CCN(C)C)c(Br)c(S(N)(=O)=O)c1. The number of nitrogens with two attached hydrogens (primary N) is 2. The maximum atomic E-state index is 12.0. The molecule has 7 nitrogen and oxygen atoms in total. The second-order valence-electron chi connectivity index (χ2n) is 5.77. The van der Waals surface area contributed by atoms with Crippen molar-refractivity contribution in [2.45, 2.75) is 18.2 Å². The number of aromatic nitrogens is 2. The first kappa shape index (κ1) is 18.8. The number of rotatable bonds is 5. The molecular weight excluding hydrogens is 394 g/mol. The van der Waals surface area contributed by atoms with Crippen LogP contribution in [0.1, 0.15) is 11.3 Å². The Balaban J connectivity index is 2.65. The molecule has 0 fully saturated rings. The first-order valence-corrected chi connectivity index (χ1v) is 9.53. The van der Waals surface area contributed by atoms with Gasteiger partial charge in [-0.3, -0.25) is 0 Å². The number of hydrogen-bond donors (Lipinski definition) is 2. The minimum absolute atomic E-state index is 0.0463. The first-order chi connectivity index (χ1) is 11.1. The molecular formula is C15H20BrN5O2S. The van der Waals surface area contributed by atoms with E-state index in [1.807, 2.05) is 25.1 Å². The fourth-order valence-electron chi connectivity index (χ4n) is 2.31. The van der Waals surface area contributed by atoms with Crippen LogP contribution in [-0.4, -0.2) is 43.9 Å². The zero-order chi connectivity index (χ0) is 18.1. The average molecular weight is 414 g/mol. The lowest BCUT2D eigenvalue weighted by atomic mass is 10.0. The number of halogens is 1. The van der Waals surface area contributed by atoms with Crippen molar-refractivity contribution in [3.63, 3.8) is 0 Å². The molecule has 9 heteroatoms. The molecule has 0 radical (unpaired) electrons. The van der Waals surface area contributed by atoms with Crippen LogP contribution in [-0.2, 0) is 16.4 Å². The Morgan fingerprint density at radius 2 is 1.96 bits per heavy atom. The van der Waals surface area contributed by atoms with Gasteiger partial charge in [-0.15, -0.1) is 0 Å². The number of hydrogen-bond acceptors (Lipinski definition) is 6. The maximum Gasteiger partial charge on any atom is 0.239 e. The first-order valence-electron chi connectivity index (χ1n) is 7.19. The molecule has 2 aromatic rings. The fourth-order valence-corrected chi connectivity index (χ4v) is 4.09. The summed E-state index contributed by atoms with van der Waals surface area (Å²) in [5.41, 5.74) is 8.51.